The van der Waals surface area contributed by atoms with E-state index in [0.29, 0.717) is 13.1 Å². The summed E-state index contributed by atoms with van der Waals surface area (Å²) >= 11 is 0. The Morgan fingerprint density at radius 2 is 1.95 bits per heavy atom. The van der Waals surface area contributed by atoms with E-state index in [4.69, 9.17) is 5.26 Å². The molecule has 1 fully saturated rings. The molecule has 1 saturated heterocycles. The highest BCUT2D eigenvalue weighted by molar-refractivity contribution is 5.89. The molecule has 0 aromatic heterocycles. The lowest BCUT2D eigenvalue weighted by Gasteiger charge is -2.36. The summed E-state index contributed by atoms with van der Waals surface area (Å²) in [6.07, 6.45) is 0.826. The molecule has 0 aliphatic carbocycles. The van der Waals surface area contributed by atoms with Crippen LogP contribution < -0.4 is 5.32 Å². The number of amides is 2. The Morgan fingerprint density at radius 3 is 2.50 bits per heavy atom. The van der Waals surface area contributed by atoms with Crippen LogP contribution in [0, 0.1) is 11.3 Å². The van der Waals surface area contributed by atoms with Gasteiger partial charge in [0.05, 0.1) is 12.1 Å². The standard InChI is InChI=1S/C15H20N4O/c1-2-14(12-16)18-8-10-19(11-9-18)15(20)17-13-6-4-3-5-7-13/h3-7,14H,2,8-11H2,1H3,(H,17,20). The number of anilines is 1. The molecule has 1 aromatic rings. The van der Waals surface area contributed by atoms with Crippen molar-refractivity contribution >= 4 is 11.7 Å². The zero-order valence-corrected chi connectivity index (χ0v) is 11.7. The number of carbonyl (C=O) groups excluding carboxylic acids is 1. The van der Waals surface area contributed by atoms with Gasteiger partial charge in [-0.3, -0.25) is 4.90 Å². The molecule has 0 radical (unpaired) electrons. The first-order chi connectivity index (χ1) is 9.74. The van der Waals surface area contributed by atoms with Crippen LogP contribution in [0.15, 0.2) is 30.3 Å². The second kappa shape index (κ2) is 6.92. The van der Waals surface area contributed by atoms with Crippen LogP contribution in [0.2, 0.25) is 0 Å². The van der Waals surface area contributed by atoms with Crippen molar-refractivity contribution in [3.63, 3.8) is 0 Å². The summed E-state index contributed by atoms with van der Waals surface area (Å²) in [5.41, 5.74) is 0.809. The zero-order chi connectivity index (χ0) is 14.4. The summed E-state index contributed by atoms with van der Waals surface area (Å²) in [6.45, 7) is 4.86. The smallest absolute Gasteiger partial charge is 0.321 e. The third-order valence-corrected chi connectivity index (χ3v) is 3.60. The maximum atomic E-state index is 12.1. The van der Waals surface area contributed by atoms with Crippen LogP contribution in [0.4, 0.5) is 10.5 Å². The molecular formula is C15H20N4O. The van der Waals surface area contributed by atoms with E-state index in [0.717, 1.165) is 25.2 Å². The van der Waals surface area contributed by atoms with Gasteiger partial charge in [0.2, 0.25) is 0 Å². The predicted molar refractivity (Wildman–Crippen MR) is 78.3 cm³/mol. The van der Waals surface area contributed by atoms with E-state index in [1.807, 2.05) is 37.3 Å². The number of rotatable bonds is 3. The molecular weight excluding hydrogens is 252 g/mol. The lowest BCUT2D eigenvalue weighted by Crippen LogP contribution is -2.52. The number of urea groups is 1. The van der Waals surface area contributed by atoms with Crippen molar-refractivity contribution in [1.29, 1.82) is 5.26 Å². The lowest BCUT2D eigenvalue weighted by atomic mass is 10.2. The Morgan fingerprint density at radius 1 is 1.30 bits per heavy atom. The third kappa shape index (κ3) is 3.49. The molecule has 1 N–H and O–H groups in total. The number of hydrogen-bond donors (Lipinski definition) is 1. The van der Waals surface area contributed by atoms with Gasteiger partial charge in [0.25, 0.3) is 0 Å². The second-order valence-electron chi connectivity index (χ2n) is 4.87. The molecule has 20 heavy (non-hydrogen) atoms. The Kier molecular flexibility index (Phi) is 4.97. The average molecular weight is 272 g/mol. The molecule has 1 aliphatic rings. The number of carbonyl (C=O) groups is 1. The molecule has 5 nitrogen and oxygen atoms in total. The number of benzene rings is 1. The van der Waals surface area contributed by atoms with Gasteiger partial charge >= 0.3 is 6.03 Å². The SMILES string of the molecule is CCC(C#N)N1CCN(C(=O)Nc2ccccc2)CC1. The normalized spacial score (nSPS) is 17.3. The maximum Gasteiger partial charge on any atom is 0.321 e. The number of nitriles is 1. The Balaban J connectivity index is 1.85. The molecule has 1 atom stereocenters. The second-order valence-corrected chi connectivity index (χ2v) is 4.87. The first-order valence-corrected chi connectivity index (χ1v) is 6.99. The highest BCUT2D eigenvalue weighted by Gasteiger charge is 2.25. The summed E-state index contributed by atoms with van der Waals surface area (Å²) in [7, 11) is 0. The van der Waals surface area contributed by atoms with Crippen LogP contribution >= 0.6 is 0 Å². The van der Waals surface area contributed by atoms with Gasteiger partial charge in [0.1, 0.15) is 0 Å². The summed E-state index contributed by atoms with van der Waals surface area (Å²) in [6, 6.07) is 11.7. The topological polar surface area (TPSA) is 59.4 Å². The quantitative estimate of drug-likeness (QED) is 0.917. The summed E-state index contributed by atoms with van der Waals surface area (Å²) in [5, 5.41) is 12.0. The van der Waals surface area contributed by atoms with Gasteiger partial charge < -0.3 is 10.2 Å². The number of nitrogens with one attached hydrogen (secondary N) is 1. The van der Waals surface area contributed by atoms with Crippen molar-refractivity contribution in [2.45, 2.75) is 19.4 Å². The molecule has 1 unspecified atom stereocenters. The molecule has 1 heterocycles. The van der Waals surface area contributed by atoms with Crippen LogP contribution in [0.1, 0.15) is 13.3 Å². The van der Waals surface area contributed by atoms with Gasteiger partial charge in [-0.1, -0.05) is 25.1 Å². The van der Waals surface area contributed by atoms with Gasteiger partial charge in [-0.05, 0) is 18.6 Å². The van der Waals surface area contributed by atoms with Crippen LogP contribution in [0.5, 0.6) is 0 Å². The molecule has 5 heteroatoms. The average Bonchev–Trinajstić information content (AvgIpc) is 2.50. The first kappa shape index (κ1) is 14.4. The molecule has 0 spiro atoms. The molecule has 2 rings (SSSR count). The van der Waals surface area contributed by atoms with E-state index in [2.05, 4.69) is 16.3 Å². The fourth-order valence-corrected chi connectivity index (χ4v) is 2.39. The first-order valence-electron chi connectivity index (χ1n) is 6.99. The highest BCUT2D eigenvalue weighted by atomic mass is 16.2. The molecule has 106 valence electrons. The minimum atomic E-state index is -0.0687. The van der Waals surface area contributed by atoms with Gasteiger partial charge in [-0.2, -0.15) is 5.26 Å². The fraction of sp³-hybridized carbons (Fsp3) is 0.467. The van der Waals surface area contributed by atoms with E-state index >= 15 is 0 Å². The van der Waals surface area contributed by atoms with Crippen molar-refractivity contribution in [2.75, 3.05) is 31.5 Å². The minimum absolute atomic E-state index is 0.0330. The number of nitrogens with zero attached hydrogens (tertiary/aromatic N) is 3. The van der Waals surface area contributed by atoms with Crippen LogP contribution in [0.3, 0.4) is 0 Å². The van der Waals surface area contributed by atoms with Crippen LogP contribution in [-0.2, 0) is 0 Å². The van der Waals surface area contributed by atoms with E-state index in [9.17, 15) is 4.79 Å². The molecule has 1 aliphatic heterocycles. The molecule has 1 aromatic carbocycles. The Bertz CT molecular complexity index is 474. The van der Waals surface area contributed by atoms with Crippen LogP contribution in [0.25, 0.3) is 0 Å². The van der Waals surface area contributed by atoms with Crippen molar-refractivity contribution in [3.05, 3.63) is 30.3 Å². The molecule has 2 amide bonds. The molecule has 0 bridgehead atoms. The van der Waals surface area contributed by atoms with Gasteiger partial charge in [0, 0.05) is 31.9 Å². The Labute approximate surface area is 119 Å². The number of hydrogen-bond acceptors (Lipinski definition) is 3. The van der Waals surface area contributed by atoms with Crippen molar-refractivity contribution in [2.24, 2.45) is 0 Å². The fourth-order valence-electron chi connectivity index (χ4n) is 2.39. The van der Waals surface area contributed by atoms with E-state index in [1.165, 1.54) is 0 Å². The monoisotopic (exact) mass is 272 g/mol. The van der Waals surface area contributed by atoms with E-state index in [-0.39, 0.29) is 12.1 Å². The summed E-state index contributed by atoms with van der Waals surface area (Å²) < 4.78 is 0. The van der Waals surface area contributed by atoms with Gasteiger partial charge in [0.15, 0.2) is 0 Å². The minimum Gasteiger partial charge on any atom is -0.322 e. The number of piperazine rings is 1. The lowest BCUT2D eigenvalue weighted by molar-refractivity contribution is 0.129. The van der Waals surface area contributed by atoms with E-state index < -0.39 is 0 Å². The highest BCUT2D eigenvalue weighted by Crippen LogP contribution is 2.11. The van der Waals surface area contributed by atoms with Crippen molar-refractivity contribution in [3.8, 4) is 6.07 Å². The Hall–Kier alpha value is -2.06. The van der Waals surface area contributed by atoms with Gasteiger partial charge in [-0.15, -0.1) is 0 Å². The zero-order valence-electron chi connectivity index (χ0n) is 11.7. The largest absolute Gasteiger partial charge is 0.322 e. The molecule has 0 saturated carbocycles. The van der Waals surface area contributed by atoms with Crippen molar-refractivity contribution in [1.82, 2.24) is 9.80 Å². The van der Waals surface area contributed by atoms with Gasteiger partial charge in [-0.25, -0.2) is 4.79 Å². The van der Waals surface area contributed by atoms with E-state index in [1.54, 1.807) is 4.90 Å². The summed E-state index contributed by atoms with van der Waals surface area (Å²) in [5.74, 6) is 0. The number of para-hydroxylation sites is 1. The van der Waals surface area contributed by atoms with Crippen molar-refractivity contribution < 1.29 is 4.79 Å². The van der Waals surface area contributed by atoms with Crippen LogP contribution in [-0.4, -0.2) is 48.1 Å². The third-order valence-electron chi connectivity index (χ3n) is 3.60. The summed E-state index contributed by atoms with van der Waals surface area (Å²) in [4.78, 5) is 16.1. The maximum absolute atomic E-state index is 12.1. The predicted octanol–water partition coefficient (Wildman–Crippen LogP) is 2.14.